The fourth-order valence-electron chi connectivity index (χ4n) is 6.85. The number of carbonyl (C=O) groups excluding carboxylic acids is 3. The maximum atomic E-state index is 14.1. The van der Waals surface area contributed by atoms with Crippen LogP contribution in [0.4, 0.5) is 17.1 Å². The van der Waals surface area contributed by atoms with Crippen molar-refractivity contribution in [3.05, 3.63) is 62.7 Å². The normalized spacial score (nSPS) is 29.6. The van der Waals surface area contributed by atoms with Crippen LogP contribution in [0.3, 0.4) is 0 Å². The van der Waals surface area contributed by atoms with Gasteiger partial charge in [0.05, 0.1) is 22.4 Å². The number of hydrogen-bond acceptors (Lipinski definition) is 6. The molecule has 6 rings (SSSR count). The van der Waals surface area contributed by atoms with E-state index in [4.69, 9.17) is 0 Å². The van der Waals surface area contributed by atoms with Crippen molar-refractivity contribution in [3.63, 3.8) is 0 Å². The van der Waals surface area contributed by atoms with E-state index in [0.717, 1.165) is 34.4 Å². The van der Waals surface area contributed by atoms with Gasteiger partial charge >= 0.3 is 0 Å². The van der Waals surface area contributed by atoms with Crippen molar-refractivity contribution >= 4 is 34.8 Å². The van der Waals surface area contributed by atoms with Crippen molar-refractivity contribution < 1.29 is 19.3 Å². The Morgan fingerprint density at radius 2 is 1.82 bits per heavy atom. The molecule has 0 saturated carbocycles. The molecule has 34 heavy (non-hydrogen) atoms. The lowest BCUT2D eigenvalue weighted by Gasteiger charge is -2.37. The molecule has 0 radical (unpaired) electrons. The number of nitro benzene ring substituents is 1. The molecule has 9 heteroatoms. The molecule has 2 aromatic carbocycles. The molecule has 3 amide bonds. The molecule has 2 aromatic rings. The summed E-state index contributed by atoms with van der Waals surface area (Å²) in [6.45, 7) is 6.24. The highest BCUT2D eigenvalue weighted by atomic mass is 16.6. The van der Waals surface area contributed by atoms with E-state index in [-0.39, 0.29) is 29.2 Å². The summed E-state index contributed by atoms with van der Waals surface area (Å²) in [5, 5.41) is 14.4. The Morgan fingerprint density at radius 3 is 2.56 bits per heavy atom. The molecule has 0 aromatic heterocycles. The van der Waals surface area contributed by atoms with E-state index in [2.05, 4.69) is 10.2 Å². The fraction of sp³-hybridized carbons (Fsp3) is 0.400. The Labute approximate surface area is 195 Å². The van der Waals surface area contributed by atoms with Gasteiger partial charge in [-0.3, -0.25) is 29.4 Å². The molecule has 4 atom stereocenters. The van der Waals surface area contributed by atoms with Gasteiger partial charge in [0.2, 0.25) is 17.7 Å². The molecule has 4 aliphatic heterocycles. The number of amides is 3. The number of carbonyl (C=O) groups is 3. The van der Waals surface area contributed by atoms with E-state index >= 15 is 0 Å². The number of nitrogens with one attached hydrogen (secondary N) is 1. The smallest absolute Gasteiger partial charge is 0.271 e. The number of anilines is 2. The molecule has 4 aliphatic rings. The van der Waals surface area contributed by atoms with E-state index in [0.29, 0.717) is 17.8 Å². The Morgan fingerprint density at radius 1 is 1.06 bits per heavy atom. The van der Waals surface area contributed by atoms with E-state index in [9.17, 15) is 24.5 Å². The van der Waals surface area contributed by atoms with Gasteiger partial charge in [-0.1, -0.05) is 23.8 Å². The number of rotatable bonds is 2. The third kappa shape index (κ3) is 2.34. The Kier molecular flexibility index (Phi) is 4.15. The first-order valence-corrected chi connectivity index (χ1v) is 11.5. The van der Waals surface area contributed by atoms with Gasteiger partial charge in [0, 0.05) is 29.4 Å². The third-order valence-corrected chi connectivity index (χ3v) is 8.09. The summed E-state index contributed by atoms with van der Waals surface area (Å²) in [5.74, 6) is -2.67. The van der Waals surface area contributed by atoms with E-state index < -0.39 is 28.2 Å². The molecule has 3 fully saturated rings. The molecule has 1 spiro atoms. The number of benzene rings is 2. The molecule has 174 valence electrons. The van der Waals surface area contributed by atoms with Crippen LogP contribution in [0.25, 0.3) is 0 Å². The van der Waals surface area contributed by atoms with E-state index in [1.807, 2.05) is 26.0 Å². The first-order chi connectivity index (χ1) is 16.2. The minimum Gasteiger partial charge on any atom is -0.324 e. The van der Waals surface area contributed by atoms with Crippen LogP contribution >= 0.6 is 0 Å². The molecule has 0 aliphatic carbocycles. The van der Waals surface area contributed by atoms with Gasteiger partial charge in [0.15, 0.2) is 0 Å². The van der Waals surface area contributed by atoms with Crippen LogP contribution in [0.1, 0.15) is 35.1 Å². The average Bonchev–Trinajstić information content (AvgIpc) is 3.48. The summed E-state index contributed by atoms with van der Waals surface area (Å²) < 4.78 is 0. The van der Waals surface area contributed by atoms with Gasteiger partial charge in [-0.05, 0) is 51.3 Å². The molecular weight excluding hydrogens is 436 g/mol. The van der Waals surface area contributed by atoms with E-state index in [1.54, 1.807) is 13.0 Å². The second-order valence-corrected chi connectivity index (χ2v) is 9.87. The molecule has 3 saturated heterocycles. The number of fused-ring (bicyclic) bond motifs is 7. The van der Waals surface area contributed by atoms with Crippen LogP contribution in [0.15, 0.2) is 30.3 Å². The summed E-state index contributed by atoms with van der Waals surface area (Å²) in [5.41, 5.74) is 2.74. The predicted octanol–water partition coefficient (Wildman–Crippen LogP) is 2.95. The van der Waals surface area contributed by atoms with Crippen molar-refractivity contribution in [3.8, 4) is 0 Å². The zero-order valence-electron chi connectivity index (χ0n) is 19.1. The quantitative estimate of drug-likeness (QED) is 0.419. The lowest BCUT2D eigenvalue weighted by molar-refractivity contribution is -0.384. The minimum absolute atomic E-state index is 0.189. The maximum absolute atomic E-state index is 14.1. The van der Waals surface area contributed by atoms with Gasteiger partial charge in [0.25, 0.3) is 5.69 Å². The van der Waals surface area contributed by atoms with Crippen molar-refractivity contribution in [2.45, 2.75) is 45.2 Å². The number of imide groups is 1. The first-order valence-electron chi connectivity index (χ1n) is 11.5. The van der Waals surface area contributed by atoms with Crippen molar-refractivity contribution in [2.24, 2.45) is 11.8 Å². The summed E-state index contributed by atoms with van der Waals surface area (Å²) in [6.07, 6.45) is 1.55. The lowest BCUT2D eigenvalue weighted by Crippen LogP contribution is -2.54. The Hall–Kier alpha value is -3.59. The summed E-state index contributed by atoms with van der Waals surface area (Å²) in [4.78, 5) is 55.7. The largest absolute Gasteiger partial charge is 0.324 e. The van der Waals surface area contributed by atoms with Crippen LogP contribution in [-0.4, -0.2) is 40.1 Å². The number of aryl methyl sites for hydroxylation is 3. The highest BCUT2D eigenvalue weighted by Crippen LogP contribution is 2.61. The monoisotopic (exact) mass is 460 g/mol. The van der Waals surface area contributed by atoms with Gasteiger partial charge in [0.1, 0.15) is 5.54 Å². The van der Waals surface area contributed by atoms with Crippen LogP contribution < -0.4 is 10.2 Å². The molecule has 1 N–H and O–H groups in total. The number of hydrogen-bond donors (Lipinski definition) is 1. The van der Waals surface area contributed by atoms with Gasteiger partial charge in [-0.2, -0.15) is 0 Å². The molecule has 4 heterocycles. The second kappa shape index (κ2) is 6.73. The summed E-state index contributed by atoms with van der Waals surface area (Å²) >= 11 is 0. The number of nitrogens with zero attached hydrogens (tertiary/aromatic N) is 3. The van der Waals surface area contributed by atoms with Crippen LogP contribution in [-0.2, 0) is 19.9 Å². The SMILES string of the molecule is Cc1cc(C)c2c(c1)[C@]1(C(=O)N2)[C@@H]2C(=O)N(c3cc([N+](=O)[O-])ccc3C)C(=O)[C@@H]2[C@@H]2CCCN21. The fourth-order valence-corrected chi connectivity index (χ4v) is 6.85. The average molecular weight is 460 g/mol. The molecular formula is C25H24N4O5. The molecule has 9 nitrogen and oxygen atoms in total. The molecule has 0 bridgehead atoms. The van der Waals surface area contributed by atoms with Crippen LogP contribution in [0, 0.1) is 42.7 Å². The van der Waals surface area contributed by atoms with Gasteiger partial charge in [-0.25, -0.2) is 4.90 Å². The zero-order chi connectivity index (χ0) is 24.1. The first kappa shape index (κ1) is 21.0. The zero-order valence-corrected chi connectivity index (χ0v) is 19.1. The summed E-state index contributed by atoms with van der Waals surface area (Å²) in [6, 6.07) is 7.90. The number of non-ortho nitro benzene ring substituents is 1. The topological polar surface area (TPSA) is 113 Å². The lowest BCUT2D eigenvalue weighted by atomic mass is 9.75. The highest BCUT2D eigenvalue weighted by molar-refractivity contribution is 6.26. The summed E-state index contributed by atoms with van der Waals surface area (Å²) in [7, 11) is 0. The van der Waals surface area contributed by atoms with Crippen molar-refractivity contribution in [1.29, 1.82) is 0 Å². The van der Waals surface area contributed by atoms with Crippen LogP contribution in [0.5, 0.6) is 0 Å². The number of nitro groups is 1. The highest BCUT2D eigenvalue weighted by Gasteiger charge is 2.74. The predicted molar refractivity (Wildman–Crippen MR) is 123 cm³/mol. The van der Waals surface area contributed by atoms with Gasteiger partial charge in [-0.15, -0.1) is 0 Å². The second-order valence-electron chi connectivity index (χ2n) is 9.87. The Balaban J connectivity index is 1.57. The minimum atomic E-state index is -1.26. The van der Waals surface area contributed by atoms with Crippen molar-refractivity contribution in [1.82, 2.24) is 4.90 Å². The van der Waals surface area contributed by atoms with E-state index in [1.165, 1.54) is 12.1 Å². The van der Waals surface area contributed by atoms with Crippen LogP contribution in [0.2, 0.25) is 0 Å². The molecule has 0 unspecified atom stereocenters. The van der Waals surface area contributed by atoms with Crippen molar-refractivity contribution in [2.75, 3.05) is 16.8 Å². The maximum Gasteiger partial charge on any atom is 0.271 e. The standard InChI is InChI=1S/C25H24N4O5/c1-12-9-14(3)21-16(10-12)25(24(32)26-21)20-19(17-5-4-8-27(17)25)22(30)28(23(20)31)18-11-15(29(33)34)7-6-13(18)2/h6-7,9-11,17,19-20H,4-5,8H2,1-3H3,(H,26,32)/t17-,19+,20-,25+/m0/s1. The third-order valence-electron chi connectivity index (χ3n) is 8.09. The Bertz CT molecular complexity index is 1340. The van der Waals surface area contributed by atoms with Gasteiger partial charge < -0.3 is 5.32 Å².